The van der Waals surface area contributed by atoms with Gasteiger partial charge in [-0.3, -0.25) is 9.69 Å². The van der Waals surface area contributed by atoms with Crippen molar-refractivity contribution in [3.8, 4) is 17.2 Å². The van der Waals surface area contributed by atoms with E-state index in [1.54, 1.807) is 0 Å². The number of amidine groups is 1. The van der Waals surface area contributed by atoms with Gasteiger partial charge in [-0.05, 0) is 86.3 Å². The second-order valence-electron chi connectivity index (χ2n) is 10.6. The largest absolute Gasteiger partial charge is 0.573 e. The quantitative estimate of drug-likeness (QED) is 0.172. The smallest absolute Gasteiger partial charge is 0.489 e. The number of ether oxygens (including phenoxy) is 2. The number of halogens is 3. The number of rotatable bonds is 12. The number of aliphatic imine (C=N–C) groups is 1. The van der Waals surface area contributed by atoms with Gasteiger partial charge in [-0.15, -0.1) is 13.2 Å². The monoisotopic (exact) mass is 654 g/mol. The summed E-state index contributed by atoms with van der Waals surface area (Å²) < 4.78 is 48.7. The molecule has 10 nitrogen and oxygen atoms in total. The van der Waals surface area contributed by atoms with Crippen LogP contribution in [0.3, 0.4) is 0 Å². The highest BCUT2D eigenvalue weighted by atomic mass is 32.2. The molecular weight excluding hydrogens is 621 g/mol. The molecule has 1 aliphatic heterocycles. The van der Waals surface area contributed by atoms with Gasteiger partial charge >= 0.3 is 6.36 Å². The molecule has 5 rings (SSSR count). The zero-order valence-electron chi connectivity index (χ0n) is 25.4. The van der Waals surface area contributed by atoms with Gasteiger partial charge in [0.05, 0.1) is 23.2 Å². The lowest BCUT2D eigenvalue weighted by Gasteiger charge is -2.23. The molecule has 0 bridgehead atoms. The summed E-state index contributed by atoms with van der Waals surface area (Å²) in [6.07, 6.45) is -2.60. The zero-order valence-corrected chi connectivity index (χ0v) is 26.2. The van der Waals surface area contributed by atoms with E-state index in [4.69, 9.17) is 4.74 Å². The van der Waals surface area contributed by atoms with Gasteiger partial charge in [0.15, 0.2) is 11.0 Å². The fourth-order valence-corrected chi connectivity index (χ4v) is 5.43. The summed E-state index contributed by atoms with van der Waals surface area (Å²) in [7, 11) is 0. The Balaban J connectivity index is 1.18. The summed E-state index contributed by atoms with van der Waals surface area (Å²) in [6.45, 7) is 5.93. The van der Waals surface area contributed by atoms with E-state index in [1.807, 2.05) is 63.2 Å². The number of aromatic nitrogens is 3. The van der Waals surface area contributed by atoms with E-state index in [-0.39, 0.29) is 23.5 Å². The molecule has 1 fully saturated rings. The second-order valence-corrected chi connectivity index (χ2v) is 11.5. The van der Waals surface area contributed by atoms with Crippen molar-refractivity contribution in [2.24, 2.45) is 4.99 Å². The molecular formula is C32H33F3N6O4S. The Labute approximate surface area is 268 Å². The highest BCUT2D eigenvalue weighted by molar-refractivity contribution is 8.15. The summed E-state index contributed by atoms with van der Waals surface area (Å²) in [6, 6.07) is 18.5. The number of aliphatic hydroxyl groups excluding tert-OH is 1. The van der Waals surface area contributed by atoms with Crippen molar-refractivity contribution in [3.63, 3.8) is 0 Å². The molecule has 1 aromatic heterocycles. The number of nitrogens with one attached hydrogen (secondary N) is 1. The summed E-state index contributed by atoms with van der Waals surface area (Å²) in [4.78, 5) is 23.1. The number of alkyl halides is 3. The Bertz CT molecular complexity index is 1680. The molecule has 0 aliphatic carbocycles. The lowest BCUT2D eigenvalue weighted by atomic mass is 10.1. The molecule has 2 unspecified atom stereocenters. The highest BCUT2D eigenvalue weighted by Gasteiger charge is 2.33. The zero-order chi connectivity index (χ0) is 32.8. The third-order valence-corrected chi connectivity index (χ3v) is 7.96. The first kappa shape index (κ1) is 32.8. The molecule has 3 aromatic carbocycles. The Kier molecular flexibility index (Phi) is 10.2. The molecule has 0 spiro atoms. The molecule has 0 radical (unpaired) electrons. The van der Waals surface area contributed by atoms with Gasteiger partial charge in [-0.2, -0.15) is 5.10 Å². The van der Waals surface area contributed by atoms with Crippen molar-refractivity contribution in [1.29, 1.82) is 0 Å². The minimum atomic E-state index is -4.75. The summed E-state index contributed by atoms with van der Waals surface area (Å²) in [5, 5.41) is 18.5. The normalized spacial score (nSPS) is 15.7. The fourth-order valence-electron chi connectivity index (χ4n) is 4.54. The minimum absolute atomic E-state index is 0.0350. The Morgan fingerprint density at radius 2 is 1.83 bits per heavy atom. The fraction of sp³-hybridized carbons (Fsp3) is 0.312. The molecule has 2 N–H and O–H groups in total. The van der Waals surface area contributed by atoms with E-state index >= 15 is 0 Å². The number of nitrogens with zero attached hydrogens (tertiary/aromatic N) is 5. The van der Waals surface area contributed by atoms with Gasteiger partial charge in [-0.25, -0.2) is 14.7 Å². The SMILES string of the molecule is CCC(C)Oc1ccc(C)cc1N1C(=O)CS/C1=N\C(O)Nc1ccc(CCc2ncn(-c3ccc(OC(F)(F)F)cc3)n2)cc1. The molecule has 1 aliphatic rings. The van der Waals surface area contributed by atoms with Gasteiger partial charge in [0.25, 0.3) is 0 Å². The maximum Gasteiger partial charge on any atom is 0.573 e. The first-order valence-corrected chi connectivity index (χ1v) is 15.6. The van der Waals surface area contributed by atoms with Gasteiger partial charge in [-0.1, -0.05) is 36.9 Å². The number of aryl methyl sites for hydroxylation is 3. The molecule has 0 saturated carbocycles. The molecule has 1 saturated heterocycles. The molecule has 46 heavy (non-hydrogen) atoms. The van der Waals surface area contributed by atoms with Gasteiger partial charge < -0.3 is 19.9 Å². The van der Waals surface area contributed by atoms with Crippen LogP contribution in [0.25, 0.3) is 5.69 Å². The third-order valence-electron chi connectivity index (χ3n) is 7.02. The van der Waals surface area contributed by atoms with Crippen molar-refractivity contribution in [3.05, 3.63) is 90.0 Å². The summed E-state index contributed by atoms with van der Waals surface area (Å²) in [5.74, 6) is 0.897. The van der Waals surface area contributed by atoms with Crippen molar-refractivity contribution in [1.82, 2.24) is 14.8 Å². The Morgan fingerprint density at radius 1 is 1.09 bits per heavy atom. The maximum atomic E-state index is 12.9. The Morgan fingerprint density at radius 3 is 2.52 bits per heavy atom. The number of thioether (sulfide) groups is 1. The van der Waals surface area contributed by atoms with Crippen LogP contribution in [0.1, 0.15) is 37.2 Å². The van der Waals surface area contributed by atoms with Crippen LogP contribution in [0.4, 0.5) is 24.5 Å². The van der Waals surface area contributed by atoms with E-state index < -0.39 is 12.7 Å². The average molecular weight is 655 g/mol. The number of benzene rings is 3. The lowest BCUT2D eigenvalue weighted by Crippen LogP contribution is -2.32. The molecule has 242 valence electrons. The summed E-state index contributed by atoms with van der Waals surface area (Å²) in [5.41, 5.74) is 3.75. The predicted octanol–water partition coefficient (Wildman–Crippen LogP) is 6.26. The molecule has 2 atom stereocenters. The number of aliphatic hydroxyl groups is 1. The first-order valence-electron chi connectivity index (χ1n) is 14.6. The van der Waals surface area contributed by atoms with Crippen LogP contribution in [0.5, 0.6) is 11.5 Å². The molecule has 2 heterocycles. The van der Waals surface area contributed by atoms with Crippen LogP contribution in [0.15, 0.2) is 78.0 Å². The van der Waals surface area contributed by atoms with E-state index in [2.05, 4.69) is 25.1 Å². The minimum Gasteiger partial charge on any atom is -0.489 e. The summed E-state index contributed by atoms with van der Waals surface area (Å²) >= 11 is 1.25. The third kappa shape index (κ3) is 8.57. The van der Waals surface area contributed by atoms with E-state index in [1.165, 1.54) is 51.9 Å². The second kappa shape index (κ2) is 14.3. The van der Waals surface area contributed by atoms with E-state index in [9.17, 15) is 23.1 Å². The molecule has 4 aromatic rings. The van der Waals surface area contributed by atoms with Crippen molar-refractivity contribution in [2.45, 2.75) is 58.9 Å². The van der Waals surface area contributed by atoms with Crippen molar-refractivity contribution in [2.75, 3.05) is 16.0 Å². The van der Waals surface area contributed by atoms with Crippen LogP contribution in [0.2, 0.25) is 0 Å². The van der Waals surface area contributed by atoms with E-state index in [0.29, 0.717) is 46.6 Å². The van der Waals surface area contributed by atoms with Crippen LogP contribution in [-0.4, -0.2) is 55.5 Å². The van der Waals surface area contributed by atoms with E-state index in [0.717, 1.165) is 17.5 Å². The van der Waals surface area contributed by atoms with Gasteiger partial charge in [0.2, 0.25) is 12.3 Å². The van der Waals surface area contributed by atoms with Crippen LogP contribution >= 0.6 is 11.8 Å². The van der Waals surface area contributed by atoms with Crippen LogP contribution in [0, 0.1) is 6.92 Å². The Hall–Kier alpha value is -4.56. The highest BCUT2D eigenvalue weighted by Crippen LogP contribution is 2.36. The number of hydrogen-bond donors (Lipinski definition) is 2. The number of amides is 1. The number of carbonyl (C=O) groups excluding carboxylic acids is 1. The van der Waals surface area contributed by atoms with Gasteiger partial charge in [0.1, 0.15) is 17.8 Å². The number of anilines is 2. The van der Waals surface area contributed by atoms with Crippen molar-refractivity contribution < 1.29 is 32.5 Å². The average Bonchev–Trinajstić information content (AvgIpc) is 3.63. The predicted molar refractivity (Wildman–Crippen MR) is 170 cm³/mol. The van der Waals surface area contributed by atoms with Gasteiger partial charge in [0, 0.05) is 12.1 Å². The lowest BCUT2D eigenvalue weighted by molar-refractivity contribution is -0.274. The standard InChI is InChI=1S/C32H33F3N6O4S/c1-4-21(3)44-27-15-5-20(2)17-26(27)41-29(42)18-46-31(41)38-30(43)37-23-9-6-22(7-10-23)8-16-28-36-19-40(39-28)24-11-13-25(14-12-24)45-32(33,34)35/h5-7,9-15,17,19,21,30,37,43H,4,8,16,18H2,1-3H3/b38-31-. The maximum absolute atomic E-state index is 12.9. The molecule has 14 heteroatoms. The number of hydrogen-bond acceptors (Lipinski definition) is 9. The number of carbonyl (C=O) groups is 1. The van der Waals surface area contributed by atoms with Crippen LogP contribution < -0.4 is 19.7 Å². The topological polar surface area (TPSA) is 114 Å². The van der Waals surface area contributed by atoms with Crippen LogP contribution in [-0.2, 0) is 17.6 Å². The molecule has 1 amide bonds. The van der Waals surface area contributed by atoms with Crippen molar-refractivity contribution >= 4 is 34.2 Å². The first-order chi connectivity index (χ1) is 22.0.